The molecule has 0 aromatic heterocycles. The van der Waals surface area contributed by atoms with Crippen molar-refractivity contribution >= 4 is 5.91 Å². The van der Waals surface area contributed by atoms with Gasteiger partial charge < -0.3 is 9.64 Å². The first-order valence-corrected chi connectivity index (χ1v) is 7.43. The van der Waals surface area contributed by atoms with Crippen molar-refractivity contribution in [3.8, 4) is 0 Å². The van der Waals surface area contributed by atoms with Crippen LogP contribution in [0.5, 0.6) is 0 Å². The van der Waals surface area contributed by atoms with Gasteiger partial charge in [0, 0.05) is 19.1 Å². The zero-order valence-electron chi connectivity index (χ0n) is 11.9. The molecule has 3 aliphatic heterocycles. The van der Waals surface area contributed by atoms with Gasteiger partial charge in [0.25, 0.3) is 5.91 Å². The molecule has 108 valence electrons. The van der Waals surface area contributed by atoms with Crippen molar-refractivity contribution in [1.29, 1.82) is 0 Å². The summed E-state index contributed by atoms with van der Waals surface area (Å²) in [6, 6.07) is 0.546. The topological polar surface area (TPSA) is 42.0 Å². The Morgan fingerprint density at radius 1 is 1.26 bits per heavy atom. The number of rotatable bonds is 2. The Kier molecular flexibility index (Phi) is 3.78. The molecule has 19 heavy (non-hydrogen) atoms. The van der Waals surface area contributed by atoms with E-state index < -0.39 is 0 Å². The van der Waals surface area contributed by atoms with Crippen molar-refractivity contribution in [3.63, 3.8) is 0 Å². The Bertz CT molecular complexity index is 342. The van der Waals surface area contributed by atoms with Gasteiger partial charge in [0.05, 0.1) is 32.3 Å². The summed E-state index contributed by atoms with van der Waals surface area (Å²) in [6.45, 7) is 9.30. The molecule has 1 amide bonds. The number of hydroxylamine groups is 2. The average molecular weight is 268 g/mol. The molecule has 0 bridgehead atoms. The molecule has 3 fully saturated rings. The third-order valence-corrected chi connectivity index (χ3v) is 4.71. The van der Waals surface area contributed by atoms with Crippen molar-refractivity contribution in [2.24, 2.45) is 17.8 Å². The van der Waals surface area contributed by atoms with Crippen LogP contribution in [-0.2, 0) is 14.4 Å². The van der Waals surface area contributed by atoms with E-state index in [0.29, 0.717) is 31.1 Å². The third kappa shape index (κ3) is 2.51. The van der Waals surface area contributed by atoms with E-state index in [4.69, 9.17) is 9.57 Å². The Balaban J connectivity index is 1.69. The van der Waals surface area contributed by atoms with Gasteiger partial charge in [-0.05, 0) is 32.1 Å². The van der Waals surface area contributed by atoms with Gasteiger partial charge in [0.15, 0.2) is 0 Å². The maximum absolute atomic E-state index is 12.5. The predicted octanol–water partition coefficient (Wildman–Crippen LogP) is 0.753. The molecule has 3 heterocycles. The lowest BCUT2D eigenvalue weighted by Gasteiger charge is -2.33. The quantitative estimate of drug-likeness (QED) is 0.741. The fourth-order valence-corrected chi connectivity index (χ4v) is 3.52. The van der Waals surface area contributed by atoms with Gasteiger partial charge in [0.2, 0.25) is 0 Å². The summed E-state index contributed by atoms with van der Waals surface area (Å²) in [5.41, 5.74) is 0. The van der Waals surface area contributed by atoms with Crippen molar-refractivity contribution in [3.05, 3.63) is 0 Å². The highest BCUT2D eigenvalue weighted by Crippen LogP contribution is 2.36. The van der Waals surface area contributed by atoms with E-state index in [0.717, 1.165) is 32.7 Å². The highest BCUT2D eigenvalue weighted by molar-refractivity contribution is 5.78. The molecule has 3 atom stereocenters. The van der Waals surface area contributed by atoms with Gasteiger partial charge in [0.1, 0.15) is 0 Å². The van der Waals surface area contributed by atoms with E-state index in [1.54, 1.807) is 5.06 Å². The molecule has 3 rings (SSSR count). The van der Waals surface area contributed by atoms with Crippen LogP contribution < -0.4 is 0 Å². The highest BCUT2D eigenvalue weighted by Gasteiger charge is 2.46. The summed E-state index contributed by atoms with van der Waals surface area (Å²) in [7, 11) is 0. The number of carbonyl (C=O) groups excluding carboxylic acids is 1. The minimum Gasteiger partial charge on any atom is -0.380 e. The van der Waals surface area contributed by atoms with E-state index in [2.05, 4.69) is 18.7 Å². The van der Waals surface area contributed by atoms with Crippen LogP contribution in [0, 0.1) is 17.8 Å². The lowest BCUT2D eigenvalue weighted by atomic mass is 9.82. The van der Waals surface area contributed by atoms with Gasteiger partial charge in [-0.2, -0.15) is 0 Å². The van der Waals surface area contributed by atoms with E-state index in [1.807, 2.05) is 0 Å². The first kappa shape index (κ1) is 13.3. The second-order valence-electron chi connectivity index (χ2n) is 6.24. The first-order valence-electron chi connectivity index (χ1n) is 7.43. The summed E-state index contributed by atoms with van der Waals surface area (Å²) >= 11 is 0. The SMILES string of the molecule is CC(C)N1C[C@@H]2COC[C@@H](C(=O)N3CCCO3)[C@@H]2C1. The molecule has 3 saturated heterocycles. The van der Waals surface area contributed by atoms with E-state index >= 15 is 0 Å². The van der Waals surface area contributed by atoms with Crippen LogP contribution >= 0.6 is 0 Å². The molecular formula is C14H24N2O3. The van der Waals surface area contributed by atoms with Crippen LogP contribution in [0.25, 0.3) is 0 Å². The second-order valence-corrected chi connectivity index (χ2v) is 6.24. The molecule has 5 heteroatoms. The number of ether oxygens (including phenoxy) is 1. The van der Waals surface area contributed by atoms with Crippen LogP contribution in [-0.4, -0.2) is 61.4 Å². The molecule has 0 unspecified atom stereocenters. The van der Waals surface area contributed by atoms with E-state index in [-0.39, 0.29) is 11.8 Å². The Morgan fingerprint density at radius 2 is 2.11 bits per heavy atom. The maximum atomic E-state index is 12.5. The number of fused-ring (bicyclic) bond motifs is 1. The molecular weight excluding hydrogens is 244 g/mol. The monoisotopic (exact) mass is 268 g/mol. The van der Waals surface area contributed by atoms with E-state index in [1.165, 1.54) is 0 Å². The van der Waals surface area contributed by atoms with Crippen LogP contribution in [0.4, 0.5) is 0 Å². The Labute approximate surface area is 114 Å². The summed E-state index contributed by atoms with van der Waals surface area (Å²) in [4.78, 5) is 20.4. The summed E-state index contributed by atoms with van der Waals surface area (Å²) in [5.74, 6) is 1.07. The van der Waals surface area contributed by atoms with E-state index in [9.17, 15) is 4.79 Å². The molecule has 0 aromatic carbocycles. The van der Waals surface area contributed by atoms with Crippen molar-refractivity contribution in [1.82, 2.24) is 9.96 Å². The standard InChI is InChI=1S/C14H24N2O3/c1-10(2)15-6-11-8-18-9-13(12(11)7-15)14(17)16-4-3-5-19-16/h10-13H,3-9H2,1-2H3/t11-,12-,13-/m1/s1. The molecule has 0 N–H and O–H groups in total. The minimum absolute atomic E-state index is 0.0133. The number of hydrogen-bond acceptors (Lipinski definition) is 4. The smallest absolute Gasteiger partial charge is 0.251 e. The number of amides is 1. The van der Waals surface area contributed by atoms with Gasteiger partial charge in [-0.1, -0.05) is 0 Å². The molecule has 0 aliphatic carbocycles. The number of carbonyl (C=O) groups is 1. The highest BCUT2D eigenvalue weighted by atomic mass is 16.7. The van der Waals surface area contributed by atoms with Crippen LogP contribution in [0.1, 0.15) is 20.3 Å². The first-order chi connectivity index (χ1) is 9.16. The van der Waals surface area contributed by atoms with Gasteiger partial charge in [-0.15, -0.1) is 0 Å². The zero-order chi connectivity index (χ0) is 13.4. The van der Waals surface area contributed by atoms with Gasteiger partial charge in [-0.3, -0.25) is 9.63 Å². The lowest BCUT2D eigenvalue weighted by Crippen LogP contribution is -2.45. The molecule has 5 nitrogen and oxygen atoms in total. The minimum atomic E-state index is -0.0133. The van der Waals surface area contributed by atoms with Crippen LogP contribution in [0.15, 0.2) is 0 Å². The van der Waals surface area contributed by atoms with Crippen LogP contribution in [0.3, 0.4) is 0 Å². The molecule has 0 saturated carbocycles. The zero-order valence-corrected chi connectivity index (χ0v) is 11.9. The van der Waals surface area contributed by atoms with Crippen molar-refractivity contribution in [2.75, 3.05) is 39.5 Å². The summed E-state index contributed by atoms with van der Waals surface area (Å²) < 4.78 is 5.68. The third-order valence-electron chi connectivity index (χ3n) is 4.71. The summed E-state index contributed by atoms with van der Waals surface area (Å²) in [5, 5.41) is 1.56. The van der Waals surface area contributed by atoms with Gasteiger partial charge >= 0.3 is 0 Å². The molecule has 0 aromatic rings. The van der Waals surface area contributed by atoms with Crippen molar-refractivity contribution in [2.45, 2.75) is 26.3 Å². The predicted molar refractivity (Wildman–Crippen MR) is 70.3 cm³/mol. The lowest BCUT2D eigenvalue weighted by molar-refractivity contribution is -0.181. The number of nitrogens with zero attached hydrogens (tertiary/aromatic N) is 2. The fourth-order valence-electron chi connectivity index (χ4n) is 3.52. The number of hydrogen-bond donors (Lipinski definition) is 0. The van der Waals surface area contributed by atoms with Crippen molar-refractivity contribution < 1.29 is 14.4 Å². The Morgan fingerprint density at radius 3 is 2.79 bits per heavy atom. The molecule has 0 radical (unpaired) electrons. The van der Waals surface area contributed by atoms with Crippen LogP contribution in [0.2, 0.25) is 0 Å². The Hall–Kier alpha value is -0.650. The largest absolute Gasteiger partial charge is 0.380 e. The maximum Gasteiger partial charge on any atom is 0.251 e. The molecule has 3 aliphatic rings. The fraction of sp³-hybridized carbons (Fsp3) is 0.929. The average Bonchev–Trinajstić information content (AvgIpc) is 3.06. The number of likely N-dealkylation sites (tertiary alicyclic amines) is 1. The molecule has 0 spiro atoms. The second kappa shape index (κ2) is 5.38. The normalized spacial score (nSPS) is 35.9. The summed E-state index contributed by atoms with van der Waals surface area (Å²) in [6.07, 6.45) is 0.950. The van der Waals surface area contributed by atoms with Gasteiger partial charge in [-0.25, -0.2) is 5.06 Å².